The molecule has 1 saturated heterocycles. The Labute approximate surface area is 167 Å². The maximum absolute atomic E-state index is 12.8. The quantitative estimate of drug-likeness (QED) is 0.807. The molecule has 1 heterocycles. The molecule has 2 aromatic carbocycles. The fourth-order valence-corrected chi connectivity index (χ4v) is 3.61. The predicted molar refractivity (Wildman–Crippen MR) is 114 cm³/mol. The van der Waals surface area contributed by atoms with E-state index >= 15 is 0 Å². The van der Waals surface area contributed by atoms with E-state index in [2.05, 4.69) is 33.0 Å². The molecule has 0 aromatic heterocycles. The SMILES string of the molecule is CC1CCCN(C(=O)c2cccc(C(=O)Nc3ccc(C(C)(C)C)cc3)c2)C1. The van der Waals surface area contributed by atoms with Crippen molar-refractivity contribution in [3.63, 3.8) is 0 Å². The van der Waals surface area contributed by atoms with Crippen molar-refractivity contribution in [3.05, 3.63) is 65.2 Å². The van der Waals surface area contributed by atoms with Crippen molar-refractivity contribution in [2.24, 2.45) is 5.92 Å². The lowest BCUT2D eigenvalue weighted by atomic mass is 9.87. The number of likely N-dealkylation sites (tertiary alicyclic amines) is 1. The number of amides is 2. The van der Waals surface area contributed by atoms with Crippen LogP contribution >= 0.6 is 0 Å². The predicted octanol–water partition coefficient (Wildman–Crippen LogP) is 5.11. The first-order valence-corrected chi connectivity index (χ1v) is 10.1. The number of hydrogen-bond acceptors (Lipinski definition) is 2. The van der Waals surface area contributed by atoms with E-state index in [1.807, 2.05) is 29.2 Å². The van der Waals surface area contributed by atoms with Crippen molar-refractivity contribution in [2.75, 3.05) is 18.4 Å². The zero-order valence-electron chi connectivity index (χ0n) is 17.3. The molecule has 1 fully saturated rings. The molecule has 1 aliphatic rings. The van der Waals surface area contributed by atoms with Crippen LogP contribution in [-0.2, 0) is 5.41 Å². The Balaban J connectivity index is 1.71. The highest BCUT2D eigenvalue weighted by molar-refractivity contribution is 6.06. The molecule has 0 bridgehead atoms. The minimum absolute atomic E-state index is 0.00994. The van der Waals surface area contributed by atoms with E-state index in [1.54, 1.807) is 24.3 Å². The van der Waals surface area contributed by atoms with Gasteiger partial charge in [-0.3, -0.25) is 9.59 Å². The topological polar surface area (TPSA) is 49.4 Å². The molecule has 0 saturated carbocycles. The van der Waals surface area contributed by atoms with Crippen LogP contribution in [0.1, 0.15) is 66.8 Å². The van der Waals surface area contributed by atoms with Gasteiger partial charge < -0.3 is 10.2 Å². The molecule has 148 valence electrons. The fraction of sp³-hybridized carbons (Fsp3) is 0.417. The molecule has 0 radical (unpaired) electrons. The number of piperidine rings is 1. The fourth-order valence-electron chi connectivity index (χ4n) is 3.61. The first kappa shape index (κ1) is 20.1. The highest BCUT2D eigenvalue weighted by Gasteiger charge is 2.22. The van der Waals surface area contributed by atoms with Gasteiger partial charge in [0.05, 0.1) is 0 Å². The summed E-state index contributed by atoms with van der Waals surface area (Å²) < 4.78 is 0. The van der Waals surface area contributed by atoms with Gasteiger partial charge in [0, 0.05) is 29.9 Å². The molecule has 0 spiro atoms. The Morgan fingerprint density at radius 3 is 2.36 bits per heavy atom. The molecular formula is C24H30N2O2. The summed E-state index contributed by atoms with van der Waals surface area (Å²) in [5.41, 5.74) is 3.11. The van der Waals surface area contributed by atoms with Crippen LogP contribution in [0.5, 0.6) is 0 Å². The molecular weight excluding hydrogens is 348 g/mol. The maximum atomic E-state index is 12.8. The molecule has 1 N–H and O–H groups in total. The summed E-state index contributed by atoms with van der Waals surface area (Å²) in [6.07, 6.45) is 2.21. The number of carbonyl (C=O) groups excluding carboxylic acids is 2. The van der Waals surface area contributed by atoms with Crippen LogP contribution in [0.3, 0.4) is 0 Å². The third-order valence-corrected chi connectivity index (χ3v) is 5.32. The Morgan fingerprint density at radius 2 is 1.71 bits per heavy atom. The van der Waals surface area contributed by atoms with Gasteiger partial charge in [-0.05, 0) is 60.1 Å². The molecule has 4 nitrogen and oxygen atoms in total. The van der Waals surface area contributed by atoms with Crippen LogP contribution in [0.2, 0.25) is 0 Å². The Morgan fingerprint density at radius 1 is 1.04 bits per heavy atom. The Kier molecular flexibility index (Phi) is 5.87. The van der Waals surface area contributed by atoms with Crippen LogP contribution in [0.15, 0.2) is 48.5 Å². The van der Waals surface area contributed by atoms with E-state index in [4.69, 9.17) is 0 Å². The number of hydrogen-bond donors (Lipinski definition) is 1. The largest absolute Gasteiger partial charge is 0.338 e. The average Bonchev–Trinajstić information content (AvgIpc) is 2.67. The summed E-state index contributed by atoms with van der Waals surface area (Å²) in [6.45, 7) is 10.2. The average molecular weight is 379 g/mol. The van der Waals surface area contributed by atoms with Gasteiger partial charge in [-0.25, -0.2) is 0 Å². The van der Waals surface area contributed by atoms with Gasteiger partial charge >= 0.3 is 0 Å². The number of anilines is 1. The highest BCUT2D eigenvalue weighted by Crippen LogP contribution is 2.24. The van der Waals surface area contributed by atoms with Gasteiger partial charge in [-0.15, -0.1) is 0 Å². The summed E-state index contributed by atoms with van der Waals surface area (Å²) in [5.74, 6) is 0.334. The molecule has 1 unspecified atom stereocenters. The number of carbonyl (C=O) groups is 2. The zero-order valence-corrected chi connectivity index (χ0v) is 17.3. The highest BCUT2D eigenvalue weighted by atomic mass is 16.2. The monoisotopic (exact) mass is 378 g/mol. The number of nitrogens with zero attached hydrogens (tertiary/aromatic N) is 1. The van der Waals surface area contributed by atoms with Crippen molar-refractivity contribution in [2.45, 2.75) is 46.0 Å². The van der Waals surface area contributed by atoms with E-state index in [9.17, 15) is 9.59 Å². The Hall–Kier alpha value is -2.62. The van der Waals surface area contributed by atoms with Crippen LogP contribution in [0.4, 0.5) is 5.69 Å². The molecule has 2 aromatic rings. The number of rotatable bonds is 3. The summed E-state index contributed by atoms with van der Waals surface area (Å²) >= 11 is 0. The summed E-state index contributed by atoms with van der Waals surface area (Å²) in [5, 5.41) is 2.93. The maximum Gasteiger partial charge on any atom is 0.255 e. The van der Waals surface area contributed by atoms with Crippen molar-refractivity contribution >= 4 is 17.5 Å². The van der Waals surface area contributed by atoms with Gasteiger partial charge in [-0.2, -0.15) is 0 Å². The molecule has 0 aliphatic carbocycles. The van der Waals surface area contributed by atoms with E-state index in [-0.39, 0.29) is 17.2 Å². The molecule has 4 heteroatoms. The van der Waals surface area contributed by atoms with Gasteiger partial charge in [0.15, 0.2) is 0 Å². The van der Waals surface area contributed by atoms with E-state index in [0.29, 0.717) is 17.0 Å². The summed E-state index contributed by atoms with van der Waals surface area (Å²) in [7, 11) is 0. The van der Waals surface area contributed by atoms with Crippen molar-refractivity contribution in [1.29, 1.82) is 0 Å². The van der Waals surface area contributed by atoms with Crippen molar-refractivity contribution in [3.8, 4) is 0 Å². The van der Waals surface area contributed by atoms with Gasteiger partial charge in [-0.1, -0.05) is 45.9 Å². The smallest absolute Gasteiger partial charge is 0.255 e. The lowest BCUT2D eigenvalue weighted by Gasteiger charge is -2.31. The van der Waals surface area contributed by atoms with Gasteiger partial charge in [0.1, 0.15) is 0 Å². The molecule has 1 atom stereocenters. The first-order valence-electron chi connectivity index (χ1n) is 10.1. The van der Waals surface area contributed by atoms with E-state index < -0.39 is 0 Å². The second-order valence-corrected chi connectivity index (χ2v) is 8.86. The number of benzene rings is 2. The molecule has 28 heavy (non-hydrogen) atoms. The van der Waals surface area contributed by atoms with Crippen LogP contribution in [-0.4, -0.2) is 29.8 Å². The number of nitrogens with one attached hydrogen (secondary N) is 1. The lowest BCUT2D eigenvalue weighted by Crippen LogP contribution is -2.39. The first-order chi connectivity index (χ1) is 13.2. The van der Waals surface area contributed by atoms with Gasteiger partial charge in [0.2, 0.25) is 0 Å². The van der Waals surface area contributed by atoms with E-state index in [0.717, 1.165) is 25.2 Å². The molecule has 2 amide bonds. The van der Waals surface area contributed by atoms with Crippen LogP contribution in [0, 0.1) is 5.92 Å². The molecule has 1 aliphatic heterocycles. The summed E-state index contributed by atoms with van der Waals surface area (Å²) in [4.78, 5) is 27.4. The van der Waals surface area contributed by atoms with Gasteiger partial charge in [0.25, 0.3) is 11.8 Å². The normalized spacial score (nSPS) is 17.3. The van der Waals surface area contributed by atoms with Crippen molar-refractivity contribution in [1.82, 2.24) is 4.90 Å². The van der Waals surface area contributed by atoms with Crippen LogP contribution in [0.25, 0.3) is 0 Å². The van der Waals surface area contributed by atoms with Crippen molar-refractivity contribution < 1.29 is 9.59 Å². The standard InChI is InChI=1S/C24H30N2O2/c1-17-7-6-14-26(16-17)23(28)19-9-5-8-18(15-19)22(27)25-21-12-10-20(11-13-21)24(2,3)4/h5,8-13,15,17H,6-7,14,16H2,1-4H3,(H,25,27). The zero-order chi connectivity index (χ0) is 20.3. The Bertz CT molecular complexity index is 850. The molecule has 3 rings (SSSR count). The third kappa shape index (κ3) is 4.80. The summed E-state index contributed by atoms with van der Waals surface area (Å²) in [6, 6.07) is 14.9. The minimum atomic E-state index is -0.204. The minimum Gasteiger partial charge on any atom is -0.338 e. The lowest BCUT2D eigenvalue weighted by molar-refractivity contribution is 0.0683. The van der Waals surface area contributed by atoms with Crippen LogP contribution < -0.4 is 5.32 Å². The van der Waals surface area contributed by atoms with E-state index in [1.165, 1.54) is 12.0 Å². The third-order valence-electron chi connectivity index (χ3n) is 5.32. The second kappa shape index (κ2) is 8.17. The second-order valence-electron chi connectivity index (χ2n) is 8.86.